The van der Waals surface area contributed by atoms with E-state index in [1.165, 1.54) is 132 Å². The first-order valence-corrected chi connectivity index (χ1v) is 36.9. The molecule has 4 aliphatic rings. The zero-order valence-electron chi connectivity index (χ0n) is 62.8. The van der Waals surface area contributed by atoms with Crippen molar-refractivity contribution in [3.8, 4) is 0 Å². The number of aryl methyl sites for hydroxylation is 5. The van der Waals surface area contributed by atoms with Gasteiger partial charge in [0, 0.05) is 28.9 Å². The summed E-state index contributed by atoms with van der Waals surface area (Å²) < 4.78 is 2.24. The van der Waals surface area contributed by atoms with Crippen molar-refractivity contribution < 1.29 is 0 Å². The molecular weight excluding hydrogens is 1160 g/mol. The van der Waals surface area contributed by atoms with Crippen molar-refractivity contribution in [2.75, 3.05) is 0 Å². The molecule has 4 aliphatic carbocycles. The number of benzene rings is 12. The third kappa shape index (κ3) is 25.3. The number of aromatic nitrogens is 1. The molecule has 0 aliphatic heterocycles. The van der Waals surface area contributed by atoms with Crippen LogP contribution < -0.4 is 0 Å². The van der Waals surface area contributed by atoms with E-state index in [2.05, 4.69) is 303 Å². The standard InChI is InChI=1S/C14H14.C13H11N.C12H8.2C10H8.C9H10.C9H8.9C2H6/c1-2-6-12-10-14-8-4-3-7-13(14)9-11(12)5-1;1-14-12-8-4-2-6-10(12)11-7-3-5-9-13(11)14;1-3-9-4-2-6-11-8-7-10(5-1)12(9)11;2*1-2-6-10-8-4-3-7-9(10)5-1;2*1-2-5-9-7-3-6-8(9)4-1;9*1-2/h1-2,5-6,9-10H,3-4,7-8H2;2-9H,1H3;1-8H;2*1-8H;1-2,4-5H,3,6-7H2;1-6H,7H2;9*1-2H3. The quantitative estimate of drug-likeness (QED) is 0.143. The normalized spacial score (nSPS) is 10.9. The van der Waals surface area contributed by atoms with Crippen molar-refractivity contribution in [2.45, 2.75) is 176 Å². The van der Waals surface area contributed by atoms with Gasteiger partial charge in [-0.05, 0) is 151 Å². The number of hydrogen-bond donors (Lipinski definition) is 0. The molecule has 0 spiro atoms. The second kappa shape index (κ2) is 51.3. The molecule has 13 aromatic rings. The van der Waals surface area contributed by atoms with E-state index in [0.29, 0.717) is 0 Å². The van der Waals surface area contributed by atoms with Crippen LogP contribution in [-0.4, -0.2) is 4.57 Å². The highest BCUT2D eigenvalue weighted by molar-refractivity contribution is 6.08. The number of allylic oxidation sites excluding steroid dienone is 1. The van der Waals surface area contributed by atoms with Gasteiger partial charge in [-0.25, -0.2) is 0 Å². The number of rotatable bonds is 0. The lowest BCUT2D eigenvalue weighted by atomic mass is 9.89. The summed E-state index contributed by atoms with van der Waals surface area (Å²) in [7, 11) is 2.12. The molecule has 1 nitrogen and oxygen atoms in total. The van der Waals surface area contributed by atoms with E-state index in [-0.39, 0.29) is 0 Å². The van der Waals surface area contributed by atoms with E-state index in [0.717, 1.165) is 6.42 Å². The van der Waals surface area contributed by atoms with Gasteiger partial charge >= 0.3 is 0 Å². The first-order valence-electron chi connectivity index (χ1n) is 36.9. The van der Waals surface area contributed by atoms with Crippen molar-refractivity contribution in [2.24, 2.45) is 7.05 Å². The van der Waals surface area contributed by atoms with Gasteiger partial charge in [-0.1, -0.05) is 404 Å². The van der Waals surface area contributed by atoms with E-state index >= 15 is 0 Å². The highest BCUT2D eigenvalue weighted by atomic mass is 14.9. The van der Waals surface area contributed by atoms with Gasteiger partial charge in [0.25, 0.3) is 0 Å². The van der Waals surface area contributed by atoms with Crippen LogP contribution in [0.5, 0.6) is 0 Å². The average Bonchev–Trinajstić information content (AvgIpc) is 1.68. The van der Waals surface area contributed by atoms with Crippen LogP contribution >= 0.6 is 0 Å². The minimum atomic E-state index is 1.12. The Bertz CT molecular complexity index is 3810. The van der Waals surface area contributed by atoms with Gasteiger partial charge in [0.15, 0.2) is 0 Å². The minimum absolute atomic E-state index is 1.12. The molecule has 96 heavy (non-hydrogen) atoms. The molecule has 0 saturated heterocycles. The zero-order chi connectivity index (χ0) is 70.7. The summed E-state index contributed by atoms with van der Waals surface area (Å²) in [4.78, 5) is 0. The summed E-state index contributed by atoms with van der Waals surface area (Å²) >= 11 is 0. The van der Waals surface area contributed by atoms with Crippen LogP contribution in [0.3, 0.4) is 0 Å². The fourth-order valence-corrected chi connectivity index (χ4v) is 11.4. The lowest BCUT2D eigenvalue weighted by Crippen LogP contribution is -2.01. The van der Waals surface area contributed by atoms with E-state index in [9.17, 15) is 0 Å². The lowest BCUT2D eigenvalue weighted by molar-refractivity contribution is 0.687. The molecule has 1 aromatic heterocycles. The smallest absolute Gasteiger partial charge is 0.0488 e. The molecule has 0 fully saturated rings. The maximum Gasteiger partial charge on any atom is 0.0488 e. The maximum atomic E-state index is 2.38. The van der Waals surface area contributed by atoms with Gasteiger partial charge in [-0.3, -0.25) is 0 Å². The molecular formula is C95H121N. The molecule has 0 bridgehead atoms. The number of para-hydroxylation sites is 2. The van der Waals surface area contributed by atoms with Crippen LogP contribution in [0.25, 0.3) is 83.1 Å². The highest BCUT2D eigenvalue weighted by Crippen LogP contribution is 2.31. The summed E-state index contributed by atoms with van der Waals surface area (Å²) in [5.41, 5.74) is 14.4. The van der Waals surface area contributed by atoms with Gasteiger partial charge in [0.05, 0.1) is 0 Å². The summed E-state index contributed by atoms with van der Waals surface area (Å²) in [6, 6.07) is 94.0. The Hall–Kier alpha value is -9.04. The van der Waals surface area contributed by atoms with Crippen LogP contribution in [0.2, 0.25) is 0 Å². The molecule has 0 radical (unpaired) electrons. The molecule has 0 amide bonds. The van der Waals surface area contributed by atoms with Crippen LogP contribution in [0.15, 0.2) is 273 Å². The largest absolute Gasteiger partial charge is 0.344 e. The van der Waals surface area contributed by atoms with Gasteiger partial charge in [-0.2, -0.15) is 0 Å². The third-order valence-electron chi connectivity index (χ3n) is 15.5. The molecule has 0 unspecified atom stereocenters. The number of nitrogens with zero attached hydrogens (tertiary/aromatic N) is 1. The maximum absolute atomic E-state index is 2.38. The number of fused-ring (bicyclic) bond motifs is 9. The monoisotopic (exact) mass is 1280 g/mol. The van der Waals surface area contributed by atoms with Crippen molar-refractivity contribution in [1.82, 2.24) is 4.57 Å². The van der Waals surface area contributed by atoms with E-state index in [4.69, 9.17) is 0 Å². The zero-order valence-corrected chi connectivity index (χ0v) is 62.8. The van der Waals surface area contributed by atoms with Crippen LogP contribution in [0.4, 0.5) is 0 Å². The van der Waals surface area contributed by atoms with Gasteiger partial charge in [-0.15, -0.1) is 0 Å². The summed E-state index contributed by atoms with van der Waals surface area (Å²) in [6.45, 7) is 36.0. The Morgan fingerprint density at radius 2 is 0.510 bits per heavy atom. The van der Waals surface area contributed by atoms with Crippen molar-refractivity contribution in [3.63, 3.8) is 0 Å². The first-order chi connectivity index (χ1) is 47.6. The minimum Gasteiger partial charge on any atom is -0.344 e. The van der Waals surface area contributed by atoms with Crippen LogP contribution in [-0.2, 0) is 39.2 Å². The van der Waals surface area contributed by atoms with Crippen LogP contribution in [0.1, 0.15) is 188 Å². The molecule has 17 rings (SSSR count). The fraction of sp³-hybridized carbons (Fsp3) is 0.284. The van der Waals surface area contributed by atoms with Gasteiger partial charge < -0.3 is 4.57 Å². The average molecular weight is 1280 g/mol. The second-order valence-electron chi connectivity index (χ2n) is 20.5. The Balaban J connectivity index is 0.000000368. The summed E-state index contributed by atoms with van der Waals surface area (Å²) in [6.07, 6.45) is 19.1. The Morgan fingerprint density at radius 3 is 0.875 bits per heavy atom. The van der Waals surface area contributed by atoms with Gasteiger partial charge in [0.2, 0.25) is 0 Å². The molecule has 1 heterocycles. The molecule has 0 saturated carbocycles. The van der Waals surface area contributed by atoms with Crippen molar-refractivity contribution in [1.29, 1.82) is 0 Å². The van der Waals surface area contributed by atoms with Crippen molar-refractivity contribution in [3.05, 3.63) is 318 Å². The highest BCUT2D eigenvalue weighted by Gasteiger charge is 2.11. The van der Waals surface area contributed by atoms with E-state index in [1.54, 1.807) is 22.3 Å². The Labute approximate surface area is 584 Å². The Kier molecular flexibility index (Phi) is 44.4. The fourth-order valence-electron chi connectivity index (χ4n) is 11.4. The SMILES string of the molecule is C1=Cc2cccc3cccc1c23.C1=Cc2ccccc2C1.CC.CC.CC.CC.CC.CC.CC.CC.CC.Cn1c2ccccc2c2ccccc21.c1ccc2c(c1)CCC2.c1ccc2cc3c(cc2c1)CCCC3.c1ccc2ccccc2c1.c1ccc2ccccc2c1. The molecule has 1 heteroatoms. The predicted molar refractivity (Wildman–Crippen MR) is 442 cm³/mol. The topological polar surface area (TPSA) is 4.93 Å². The number of hydrogen-bond acceptors (Lipinski definition) is 0. The summed E-state index contributed by atoms with van der Waals surface area (Å²) in [5, 5.41) is 13.5. The predicted octanol–water partition coefficient (Wildman–Crippen LogP) is 29.7. The molecule has 0 atom stereocenters. The van der Waals surface area contributed by atoms with Gasteiger partial charge in [0.1, 0.15) is 0 Å². The first kappa shape index (κ1) is 83.1. The van der Waals surface area contributed by atoms with Crippen LogP contribution in [0, 0.1) is 0 Å². The third-order valence-corrected chi connectivity index (χ3v) is 15.5. The van der Waals surface area contributed by atoms with E-state index < -0.39 is 0 Å². The van der Waals surface area contributed by atoms with E-state index in [1.807, 2.05) is 125 Å². The molecule has 506 valence electrons. The summed E-state index contributed by atoms with van der Waals surface area (Å²) in [5.74, 6) is 0. The Morgan fingerprint density at radius 1 is 0.229 bits per heavy atom. The molecule has 12 aromatic carbocycles. The second-order valence-corrected chi connectivity index (χ2v) is 20.5. The van der Waals surface area contributed by atoms with Crippen molar-refractivity contribution >= 4 is 83.1 Å². The lowest BCUT2D eigenvalue weighted by Gasteiger charge is -2.16. The molecule has 0 N–H and O–H groups in total.